The summed E-state index contributed by atoms with van der Waals surface area (Å²) in [6, 6.07) is 9.98. The van der Waals surface area contributed by atoms with Crippen LogP contribution in [0.4, 0.5) is 5.82 Å². The van der Waals surface area contributed by atoms with Gasteiger partial charge in [-0.1, -0.05) is 18.2 Å². The zero-order valence-corrected chi connectivity index (χ0v) is 20.9. The molecule has 180 valence electrons. The Hall–Kier alpha value is -3.87. The first-order chi connectivity index (χ1) is 16.6. The fourth-order valence-corrected chi connectivity index (χ4v) is 5.01. The van der Waals surface area contributed by atoms with Crippen LogP contribution < -0.4 is 14.8 Å². The van der Waals surface area contributed by atoms with Crippen molar-refractivity contribution in [2.45, 2.75) is 60.0 Å². The molecule has 0 bridgehead atoms. The van der Waals surface area contributed by atoms with Crippen LogP contribution in [0, 0.1) is 27.7 Å². The second-order valence-corrected chi connectivity index (χ2v) is 9.58. The van der Waals surface area contributed by atoms with E-state index in [1.807, 2.05) is 58.9 Å². The highest BCUT2D eigenvalue weighted by Crippen LogP contribution is 2.44. The standard InChI is InChI=1S/C28H29N3O4/c1-14-15(2)26-19(16(3)25(14)34-18(5)32)11-12-28(6,35-26)27(33)31-23-13-21-20-9-7-8-10-22(20)30-24(21)17(4)29-23/h7-10,13,30H,11-12H2,1-6H3,(H,29,31,33). The lowest BCUT2D eigenvalue weighted by atomic mass is 9.86. The number of ether oxygens (including phenoxy) is 2. The number of para-hydroxylation sites is 1. The second kappa shape index (κ2) is 8.12. The minimum absolute atomic E-state index is 0.243. The second-order valence-electron chi connectivity index (χ2n) is 9.58. The van der Waals surface area contributed by atoms with Gasteiger partial charge in [0.15, 0.2) is 5.60 Å². The monoisotopic (exact) mass is 471 g/mol. The van der Waals surface area contributed by atoms with Gasteiger partial charge in [0, 0.05) is 35.2 Å². The Bertz CT molecular complexity index is 1540. The molecule has 1 aliphatic rings. The summed E-state index contributed by atoms with van der Waals surface area (Å²) in [5.41, 5.74) is 5.30. The number of pyridine rings is 1. The van der Waals surface area contributed by atoms with E-state index >= 15 is 0 Å². The van der Waals surface area contributed by atoms with Crippen LogP contribution in [-0.2, 0) is 16.0 Å². The number of benzene rings is 2. The Balaban J connectivity index is 1.47. The molecule has 1 unspecified atom stereocenters. The largest absolute Gasteiger partial charge is 0.477 e. The van der Waals surface area contributed by atoms with Gasteiger partial charge >= 0.3 is 5.97 Å². The Morgan fingerprint density at radius 2 is 1.83 bits per heavy atom. The third-order valence-corrected chi connectivity index (χ3v) is 7.14. The first kappa shape index (κ1) is 22.9. The molecular formula is C28H29N3O4. The number of nitrogens with zero attached hydrogens (tertiary/aromatic N) is 1. The maximum absolute atomic E-state index is 13.5. The zero-order valence-electron chi connectivity index (χ0n) is 20.9. The Labute approximate surface area is 203 Å². The number of aryl methyl sites for hydroxylation is 1. The van der Waals surface area contributed by atoms with E-state index in [-0.39, 0.29) is 11.9 Å². The van der Waals surface area contributed by atoms with Gasteiger partial charge in [0.2, 0.25) is 0 Å². The van der Waals surface area contributed by atoms with Crippen molar-refractivity contribution in [3.63, 3.8) is 0 Å². The zero-order chi connectivity index (χ0) is 25.1. The normalized spacial score (nSPS) is 17.2. The number of esters is 1. The number of hydrogen-bond donors (Lipinski definition) is 2. The highest BCUT2D eigenvalue weighted by atomic mass is 16.5. The van der Waals surface area contributed by atoms with Gasteiger partial charge < -0.3 is 19.8 Å². The lowest BCUT2D eigenvalue weighted by Crippen LogP contribution is -2.48. The molecule has 1 atom stereocenters. The summed E-state index contributed by atoms with van der Waals surface area (Å²) in [4.78, 5) is 33.1. The lowest BCUT2D eigenvalue weighted by molar-refractivity contribution is -0.132. The summed E-state index contributed by atoms with van der Waals surface area (Å²) in [6.07, 6.45) is 1.12. The molecule has 0 spiro atoms. The molecule has 3 heterocycles. The van der Waals surface area contributed by atoms with Crippen molar-refractivity contribution >= 4 is 39.5 Å². The molecule has 0 saturated carbocycles. The van der Waals surface area contributed by atoms with Gasteiger partial charge in [-0.05, 0) is 69.9 Å². The quantitative estimate of drug-likeness (QED) is 0.300. The van der Waals surface area contributed by atoms with Crippen molar-refractivity contribution in [1.29, 1.82) is 0 Å². The minimum Gasteiger partial charge on any atom is -0.477 e. The molecule has 1 aliphatic heterocycles. The Morgan fingerprint density at radius 1 is 1.09 bits per heavy atom. The third-order valence-electron chi connectivity index (χ3n) is 7.14. The average molecular weight is 472 g/mol. The summed E-state index contributed by atoms with van der Waals surface area (Å²) in [5.74, 6) is 1.17. The summed E-state index contributed by atoms with van der Waals surface area (Å²) in [7, 11) is 0. The molecule has 0 fully saturated rings. The van der Waals surface area contributed by atoms with Crippen molar-refractivity contribution < 1.29 is 19.1 Å². The average Bonchev–Trinajstić information content (AvgIpc) is 3.19. The number of carbonyl (C=O) groups is 2. The predicted octanol–water partition coefficient (Wildman–Crippen LogP) is 5.60. The smallest absolute Gasteiger partial charge is 0.308 e. The number of rotatable bonds is 3. The number of hydrogen-bond acceptors (Lipinski definition) is 5. The SMILES string of the molecule is CC(=O)Oc1c(C)c(C)c2c(c1C)CCC(C)(C(=O)Nc1cc3c([nH]c4ccccc43)c(C)n1)O2. The molecule has 1 amide bonds. The van der Waals surface area contributed by atoms with Crippen LogP contribution in [-0.4, -0.2) is 27.4 Å². The van der Waals surface area contributed by atoms with Gasteiger partial charge in [0.1, 0.15) is 17.3 Å². The fourth-order valence-electron chi connectivity index (χ4n) is 5.01. The lowest BCUT2D eigenvalue weighted by Gasteiger charge is -2.36. The van der Waals surface area contributed by atoms with Gasteiger partial charge in [-0.15, -0.1) is 0 Å². The third kappa shape index (κ3) is 3.71. The van der Waals surface area contributed by atoms with Gasteiger partial charge in [-0.2, -0.15) is 0 Å². The van der Waals surface area contributed by atoms with Crippen LogP contribution in [0.25, 0.3) is 21.8 Å². The summed E-state index contributed by atoms with van der Waals surface area (Å²) < 4.78 is 11.9. The highest BCUT2D eigenvalue weighted by molar-refractivity contribution is 6.09. The number of nitrogens with one attached hydrogen (secondary N) is 2. The van der Waals surface area contributed by atoms with Crippen molar-refractivity contribution in [3.05, 3.63) is 58.3 Å². The molecule has 4 aromatic rings. The number of H-pyrrole nitrogens is 1. The number of aromatic nitrogens is 2. The number of amides is 1. The predicted molar refractivity (Wildman–Crippen MR) is 136 cm³/mol. The molecule has 0 aliphatic carbocycles. The van der Waals surface area contributed by atoms with E-state index in [0.717, 1.165) is 49.8 Å². The molecule has 0 saturated heterocycles. The number of aromatic amines is 1. The van der Waals surface area contributed by atoms with Crippen LogP contribution in [0.5, 0.6) is 11.5 Å². The highest BCUT2D eigenvalue weighted by Gasteiger charge is 2.41. The Kier molecular flexibility index (Phi) is 5.31. The first-order valence-corrected chi connectivity index (χ1v) is 11.8. The minimum atomic E-state index is -1.07. The number of fused-ring (bicyclic) bond motifs is 4. The van der Waals surface area contributed by atoms with Gasteiger partial charge in [-0.25, -0.2) is 4.98 Å². The van der Waals surface area contributed by atoms with Crippen molar-refractivity contribution in [1.82, 2.24) is 9.97 Å². The molecular weight excluding hydrogens is 442 g/mol. The van der Waals surface area contributed by atoms with Crippen molar-refractivity contribution in [2.24, 2.45) is 0 Å². The van der Waals surface area contributed by atoms with E-state index in [0.29, 0.717) is 30.2 Å². The molecule has 7 nitrogen and oxygen atoms in total. The van der Waals surface area contributed by atoms with E-state index in [4.69, 9.17) is 9.47 Å². The van der Waals surface area contributed by atoms with Gasteiger partial charge in [0.05, 0.1) is 11.2 Å². The molecule has 0 radical (unpaired) electrons. The van der Waals surface area contributed by atoms with E-state index < -0.39 is 5.60 Å². The summed E-state index contributed by atoms with van der Waals surface area (Å²) >= 11 is 0. The van der Waals surface area contributed by atoms with Crippen LogP contribution >= 0.6 is 0 Å². The van der Waals surface area contributed by atoms with Crippen LogP contribution in [0.2, 0.25) is 0 Å². The molecule has 35 heavy (non-hydrogen) atoms. The summed E-state index contributed by atoms with van der Waals surface area (Å²) in [6.45, 7) is 10.9. The van der Waals surface area contributed by atoms with Gasteiger partial charge in [-0.3, -0.25) is 9.59 Å². The van der Waals surface area contributed by atoms with Crippen LogP contribution in [0.15, 0.2) is 30.3 Å². The number of anilines is 1. The molecule has 2 aromatic carbocycles. The van der Waals surface area contributed by atoms with Gasteiger partial charge in [0.25, 0.3) is 5.91 Å². The van der Waals surface area contributed by atoms with Crippen LogP contribution in [0.1, 0.15) is 48.2 Å². The van der Waals surface area contributed by atoms with Crippen LogP contribution in [0.3, 0.4) is 0 Å². The van der Waals surface area contributed by atoms with E-state index in [1.54, 1.807) is 0 Å². The molecule has 7 heteroatoms. The maximum atomic E-state index is 13.5. The first-order valence-electron chi connectivity index (χ1n) is 11.8. The summed E-state index contributed by atoms with van der Waals surface area (Å²) in [5, 5.41) is 5.10. The van der Waals surface area contributed by atoms with Crippen molar-refractivity contribution in [2.75, 3.05) is 5.32 Å². The van der Waals surface area contributed by atoms with E-state index in [9.17, 15) is 9.59 Å². The van der Waals surface area contributed by atoms with E-state index in [1.165, 1.54) is 6.92 Å². The topological polar surface area (TPSA) is 93.3 Å². The maximum Gasteiger partial charge on any atom is 0.308 e. The van der Waals surface area contributed by atoms with Crippen molar-refractivity contribution in [3.8, 4) is 11.5 Å². The molecule has 2 N–H and O–H groups in total. The Morgan fingerprint density at radius 3 is 2.57 bits per heavy atom. The number of carbonyl (C=O) groups excluding carboxylic acids is 2. The van der Waals surface area contributed by atoms with E-state index in [2.05, 4.69) is 21.4 Å². The fraction of sp³-hybridized carbons (Fsp3) is 0.321. The molecule has 5 rings (SSSR count). The molecule has 2 aromatic heterocycles.